The molecule has 1 aliphatic heterocycles. The van der Waals surface area contributed by atoms with Gasteiger partial charge in [0.25, 0.3) is 0 Å². The predicted molar refractivity (Wildman–Crippen MR) is 79.0 cm³/mol. The van der Waals surface area contributed by atoms with Crippen LogP contribution in [0.5, 0.6) is 0 Å². The number of hydrogen-bond donors (Lipinski definition) is 0. The molecule has 108 valence electrons. The first kappa shape index (κ1) is 16.0. The van der Waals surface area contributed by atoms with Crippen molar-refractivity contribution in [2.45, 2.75) is 77.9 Å². The van der Waals surface area contributed by atoms with Gasteiger partial charge in [0.05, 0.1) is 6.10 Å². The summed E-state index contributed by atoms with van der Waals surface area (Å²) < 4.78 is 5.63. The molecule has 0 aromatic rings. The fourth-order valence-corrected chi connectivity index (χ4v) is 3.15. The zero-order chi connectivity index (χ0) is 13.4. The number of unbranched alkanes of at least 4 members (excludes halogenated alkanes) is 2. The van der Waals surface area contributed by atoms with Crippen LogP contribution in [0.25, 0.3) is 0 Å². The summed E-state index contributed by atoms with van der Waals surface area (Å²) in [5, 5.41) is 0. The maximum atomic E-state index is 5.63. The average molecular weight is 255 g/mol. The van der Waals surface area contributed by atoms with Crippen LogP contribution in [0.1, 0.15) is 65.7 Å². The molecule has 0 bridgehead atoms. The SMILES string of the molecule is CCCCCC(CC)N1CC(C)CCC(OC)C1. The van der Waals surface area contributed by atoms with Gasteiger partial charge in [-0.1, -0.05) is 40.0 Å². The van der Waals surface area contributed by atoms with Crippen LogP contribution in [0.15, 0.2) is 0 Å². The number of methoxy groups -OCH3 is 1. The lowest BCUT2D eigenvalue weighted by Crippen LogP contribution is -2.41. The summed E-state index contributed by atoms with van der Waals surface area (Å²) in [7, 11) is 1.87. The van der Waals surface area contributed by atoms with Crippen LogP contribution in [0.4, 0.5) is 0 Å². The fraction of sp³-hybridized carbons (Fsp3) is 1.00. The van der Waals surface area contributed by atoms with Crippen molar-refractivity contribution in [2.24, 2.45) is 5.92 Å². The van der Waals surface area contributed by atoms with Gasteiger partial charge < -0.3 is 4.74 Å². The number of rotatable bonds is 7. The van der Waals surface area contributed by atoms with E-state index < -0.39 is 0 Å². The second-order valence-electron chi connectivity index (χ2n) is 6.05. The van der Waals surface area contributed by atoms with Crippen molar-refractivity contribution in [1.29, 1.82) is 0 Å². The smallest absolute Gasteiger partial charge is 0.0698 e. The van der Waals surface area contributed by atoms with Crippen molar-refractivity contribution in [2.75, 3.05) is 20.2 Å². The van der Waals surface area contributed by atoms with Crippen molar-refractivity contribution >= 4 is 0 Å². The summed E-state index contributed by atoms with van der Waals surface area (Å²) in [6.07, 6.45) is 9.76. The van der Waals surface area contributed by atoms with Gasteiger partial charge in [0.15, 0.2) is 0 Å². The maximum absolute atomic E-state index is 5.63. The van der Waals surface area contributed by atoms with Gasteiger partial charge in [-0.15, -0.1) is 0 Å². The van der Waals surface area contributed by atoms with Crippen molar-refractivity contribution in [3.8, 4) is 0 Å². The van der Waals surface area contributed by atoms with E-state index in [4.69, 9.17) is 4.74 Å². The number of likely N-dealkylation sites (tertiary alicyclic amines) is 1. The molecular weight excluding hydrogens is 222 g/mol. The summed E-state index contributed by atoms with van der Waals surface area (Å²) >= 11 is 0. The molecule has 0 aromatic heterocycles. The lowest BCUT2D eigenvalue weighted by molar-refractivity contribution is 0.0515. The number of hydrogen-bond acceptors (Lipinski definition) is 2. The number of ether oxygens (including phenoxy) is 1. The fourth-order valence-electron chi connectivity index (χ4n) is 3.15. The van der Waals surface area contributed by atoms with Crippen molar-refractivity contribution in [1.82, 2.24) is 4.90 Å². The molecule has 0 spiro atoms. The van der Waals surface area contributed by atoms with Gasteiger partial charge in [0.2, 0.25) is 0 Å². The highest BCUT2D eigenvalue weighted by molar-refractivity contribution is 4.80. The second-order valence-corrected chi connectivity index (χ2v) is 6.05. The molecule has 3 atom stereocenters. The molecule has 18 heavy (non-hydrogen) atoms. The zero-order valence-corrected chi connectivity index (χ0v) is 13.0. The van der Waals surface area contributed by atoms with Crippen LogP contribution in [0.2, 0.25) is 0 Å². The molecule has 0 aromatic carbocycles. The van der Waals surface area contributed by atoms with Crippen LogP contribution in [-0.4, -0.2) is 37.2 Å². The Bertz CT molecular complexity index is 207. The molecule has 1 rings (SSSR count). The largest absolute Gasteiger partial charge is 0.380 e. The standard InChI is InChI=1S/C16H33NO/c1-5-7-8-9-15(6-2)17-12-14(3)10-11-16(13-17)18-4/h14-16H,5-13H2,1-4H3. The van der Waals surface area contributed by atoms with Crippen molar-refractivity contribution < 1.29 is 4.74 Å². The lowest BCUT2D eigenvalue weighted by atomic mass is 10.0. The molecule has 1 heterocycles. The van der Waals surface area contributed by atoms with Gasteiger partial charge >= 0.3 is 0 Å². The van der Waals surface area contributed by atoms with E-state index in [9.17, 15) is 0 Å². The molecule has 0 saturated carbocycles. The van der Waals surface area contributed by atoms with Gasteiger partial charge in [-0.05, 0) is 31.6 Å². The van der Waals surface area contributed by atoms with Crippen LogP contribution < -0.4 is 0 Å². The van der Waals surface area contributed by atoms with E-state index in [1.807, 2.05) is 7.11 Å². The summed E-state index contributed by atoms with van der Waals surface area (Å²) in [5.74, 6) is 0.824. The summed E-state index contributed by atoms with van der Waals surface area (Å²) in [6, 6.07) is 0.773. The predicted octanol–water partition coefficient (Wildman–Crippen LogP) is 4.09. The quantitative estimate of drug-likeness (QED) is 0.635. The van der Waals surface area contributed by atoms with E-state index in [-0.39, 0.29) is 0 Å². The van der Waals surface area contributed by atoms with Crippen molar-refractivity contribution in [3.63, 3.8) is 0 Å². The highest BCUT2D eigenvalue weighted by Crippen LogP contribution is 2.23. The third-order valence-electron chi connectivity index (χ3n) is 4.43. The maximum Gasteiger partial charge on any atom is 0.0698 e. The Balaban J connectivity index is 2.51. The Morgan fingerprint density at radius 2 is 1.94 bits per heavy atom. The van der Waals surface area contributed by atoms with E-state index in [0.29, 0.717) is 6.10 Å². The summed E-state index contributed by atoms with van der Waals surface area (Å²) in [6.45, 7) is 9.43. The summed E-state index contributed by atoms with van der Waals surface area (Å²) in [4.78, 5) is 2.71. The molecule has 1 saturated heterocycles. The average Bonchev–Trinajstić information content (AvgIpc) is 2.56. The Kier molecular flexibility index (Phi) is 7.92. The van der Waals surface area contributed by atoms with Gasteiger partial charge in [-0.2, -0.15) is 0 Å². The molecule has 2 nitrogen and oxygen atoms in total. The van der Waals surface area contributed by atoms with Gasteiger partial charge in [0, 0.05) is 26.2 Å². The minimum atomic E-state index is 0.454. The third kappa shape index (κ3) is 5.27. The first-order chi connectivity index (χ1) is 8.71. The van der Waals surface area contributed by atoms with Gasteiger partial charge in [-0.3, -0.25) is 4.90 Å². The Morgan fingerprint density at radius 3 is 2.56 bits per heavy atom. The molecule has 0 amide bonds. The second kappa shape index (κ2) is 8.92. The van der Waals surface area contributed by atoms with Gasteiger partial charge in [0.1, 0.15) is 0 Å². The molecule has 2 heteroatoms. The first-order valence-corrected chi connectivity index (χ1v) is 7.98. The minimum Gasteiger partial charge on any atom is -0.380 e. The van der Waals surface area contributed by atoms with E-state index in [1.165, 1.54) is 51.5 Å². The van der Waals surface area contributed by atoms with Gasteiger partial charge in [-0.25, -0.2) is 0 Å². The topological polar surface area (TPSA) is 12.5 Å². The molecule has 0 N–H and O–H groups in total. The lowest BCUT2D eigenvalue weighted by Gasteiger charge is -2.33. The Labute approximate surface area is 114 Å². The third-order valence-corrected chi connectivity index (χ3v) is 4.43. The molecule has 1 fully saturated rings. The molecule has 0 radical (unpaired) electrons. The van der Waals surface area contributed by atoms with E-state index in [0.717, 1.165) is 18.5 Å². The summed E-state index contributed by atoms with van der Waals surface area (Å²) in [5.41, 5.74) is 0. The van der Waals surface area contributed by atoms with E-state index in [1.54, 1.807) is 0 Å². The van der Waals surface area contributed by atoms with Crippen LogP contribution in [0, 0.1) is 5.92 Å². The van der Waals surface area contributed by atoms with E-state index in [2.05, 4.69) is 25.7 Å². The van der Waals surface area contributed by atoms with Crippen LogP contribution in [-0.2, 0) is 4.74 Å². The Hall–Kier alpha value is -0.0800. The highest BCUT2D eigenvalue weighted by Gasteiger charge is 2.25. The normalized spacial score (nSPS) is 28.0. The molecule has 0 aliphatic carbocycles. The van der Waals surface area contributed by atoms with Crippen LogP contribution >= 0.6 is 0 Å². The van der Waals surface area contributed by atoms with Crippen LogP contribution in [0.3, 0.4) is 0 Å². The molecule has 3 unspecified atom stereocenters. The monoisotopic (exact) mass is 255 g/mol. The molecular formula is C16H33NO. The van der Waals surface area contributed by atoms with Crippen molar-refractivity contribution in [3.05, 3.63) is 0 Å². The number of nitrogens with zero attached hydrogens (tertiary/aromatic N) is 1. The van der Waals surface area contributed by atoms with E-state index >= 15 is 0 Å². The highest BCUT2D eigenvalue weighted by atomic mass is 16.5. The first-order valence-electron chi connectivity index (χ1n) is 7.98. The minimum absolute atomic E-state index is 0.454. The zero-order valence-electron chi connectivity index (χ0n) is 13.0. The molecule has 1 aliphatic rings. The Morgan fingerprint density at radius 1 is 1.17 bits per heavy atom.